The molecule has 3 aromatic carbocycles. The first-order valence-electron chi connectivity index (χ1n) is 10.7. The second-order valence-corrected chi connectivity index (χ2v) is 9.09. The largest absolute Gasteiger partial charge is 0.489 e. The van der Waals surface area contributed by atoms with Gasteiger partial charge < -0.3 is 14.6 Å². The number of rotatable bonds is 8. The molecule has 0 aliphatic heterocycles. The molecular weight excluding hydrogens is 432 g/mol. The van der Waals surface area contributed by atoms with Crippen molar-refractivity contribution < 1.29 is 9.53 Å². The first kappa shape index (κ1) is 22.6. The van der Waals surface area contributed by atoms with E-state index in [0.717, 1.165) is 34.0 Å². The molecule has 4 aromatic rings. The zero-order valence-corrected chi connectivity index (χ0v) is 19.7. The molecule has 0 fully saturated rings. The zero-order chi connectivity index (χ0) is 23.2. The zero-order valence-electron chi connectivity index (χ0n) is 18.9. The van der Waals surface area contributed by atoms with Gasteiger partial charge in [-0.2, -0.15) is 0 Å². The number of amides is 1. The summed E-state index contributed by atoms with van der Waals surface area (Å²) in [6.45, 7) is 4.41. The van der Waals surface area contributed by atoms with E-state index in [9.17, 15) is 4.79 Å². The Balaban J connectivity index is 1.33. The number of aryl methyl sites for hydroxylation is 1. The van der Waals surface area contributed by atoms with Crippen molar-refractivity contribution in [3.63, 3.8) is 0 Å². The summed E-state index contributed by atoms with van der Waals surface area (Å²) >= 11 is 1.38. The average Bonchev–Trinajstić information content (AvgIpc) is 3.19. The minimum atomic E-state index is -0.340. The summed E-state index contributed by atoms with van der Waals surface area (Å²) in [6, 6.07) is 25.5. The number of hydrogen-bond donors (Lipinski definition) is 1. The maximum atomic E-state index is 12.7. The lowest BCUT2D eigenvalue weighted by Gasteiger charge is -2.12. The van der Waals surface area contributed by atoms with E-state index in [1.165, 1.54) is 11.8 Å². The van der Waals surface area contributed by atoms with Gasteiger partial charge in [0, 0.05) is 18.3 Å². The Bertz CT molecular complexity index is 1220. The number of nitrogens with one attached hydrogen (secondary N) is 1. The van der Waals surface area contributed by atoms with Crippen LogP contribution in [0.25, 0.3) is 11.4 Å². The maximum Gasteiger partial charge on any atom is 0.237 e. The monoisotopic (exact) mass is 458 g/mol. The smallest absolute Gasteiger partial charge is 0.237 e. The lowest BCUT2D eigenvalue weighted by atomic mass is 10.1. The number of thioether (sulfide) groups is 1. The van der Waals surface area contributed by atoms with Gasteiger partial charge in [0.25, 0.3) is 0 Å². The summed E-state index contributed by atoms with van der Waals surface area (Å²) in [6.07, 6.45) is 0. The molecule has 4 rings (SSSR count). The van der Waals surface area contributed by atoms with Crippen LogP contribution in [0.2, 0.25) is 0 Å². The number of carbonyl (C=O) groups is 1. The molecule has 7 heteroatoms. The Kier molecular flexibility index (Phi) is 7.10. The standard InChI is InChI=1S/C26H26N4O2S/c1-18-8-7-11-21(16-18)24-28-29-26(30(24)3)33-19(2)25(31)27-22-12-14-23(15-13-22)32-17-20-9-5-4-6-10-20/h4-16,19H,17H2,1-3H3,(H,27,31). The molecule has 1 atom stereocenters. The summed E-state index contributed by atoms with van der Waals surface area (Å²) in [5.74, 6) is 1.43. The molecule has 0 radical (unpaired) electrons. The van der Waals surface area contributed by atoms with Crippen molar-refractivity contribution in [2.45, 2.75) is 30.9 Å². The van der Waals surface area contributed by atoms with Gasteiger partial charge >= 0.3 is 0 Å². The van der Waals surface area contributed by atoms with Crippen LogP contribution in [0.1, 0.15) is 18.1 Å². The van der Waals surface area contributed by atoms with E-state index in [2.05, 4.69) is 21.6 Å². The Morgan fingerprint density at radius 2 is 1.79 bits per heavy atom. The molecule has 0 saturated carbocycles. The number of hydrogen-bond acceptors (Lipinski definition) is 5. The van der Waals surface area contributed by atoms with Crippen LogP contribution in [-0.4, -0.2) is 25.9 Å². The SMILES string of the molecule is Cc1cccc(-c2nnc(SC(C)C(=O)Nc3ccc(OCc4ccccc4)cc3)n2C)c1. The van der Waals surface area contributed by atoms with Crippen molar-refractivity contribution in [3.8, 4) is 17.1 Å². The molecule has 0 aliphatic rings. The van der Waals surface area contributed by atoms with Crippen LogP contribution in [0.4, 0.5) is 5.69 Å². The molecule has 1 amide bonds. The van der Waals surface area contributed by atoms with Gasteiger partial charge in [-0.15, -0.1) is 10.2 Å². The Morgan fingerprint density at radius 3 is 2.52 bits per heavy atom. The topological polar surface area (TPSA) is 69.0 Å². The van der Waals surface area contributed by atoms with E-state index in [1.807, 2.05) is 98.3 Å². The Morgan fingerprint density at radius 1 is 1.03 bits per heavy atom. The highest BCUT2D eigenvalue weighted by atomic mass is 32.2. The number of carbonyl (C=O) groups excluding carboxylic acids is 1. The van der Waals surface area contributed by atoms with Crippen LogP contribution in [0.3, 0.4) is 0 Å². The van der Waals surface area contributed by atoms with Crippen LogP contribution in [-0.2, 0) is 18.4 Å². The fourth-order valence-electron chi connectivity index (χ4n) is 3.28. The van der Waals surface area contributed by atoms with Crippen LogP contribution >= 0.6 is 11.8 Å². The average molecular weight is 459 g/mol. The van der Waals surface area contributed by atoms with Crippen molar-refractivity contribution in [1.29, 1.82) is 0 Å². The fraction of sp³-hybridized carbons (Fsp3) is 0.192. The van der Waals surface area contributed by atoms with E-state index < -0.39 is 0 Å². The molecule has 1 heterocycles. The predicted molar refractivity (Wildman–Crippen MR) is 132 cm³/mol. The number of aromatic nitrogens is 3. The summed E-state index contributed by atoms with van der Waals surface area (Å²) in [7, 11) is 1.92. The van der Waals surface area contributed by atoms with Crippen LogP contribution in [0.5, 0.6) is 5.75 Å². The number of benzene rings is 3. The van der Waals surface area contributed by atoms with Gasteiger partial charge in [0.1, 0.15) is 12.4 Å². The first-order chi connectivity index (χ1) is 16.0. The molecule has 6 nitrogen and oxygen atoms in total. The Hall–Kier alpha value is -3.58. The van der Waals surface area contributed by atoms with Gasteiger partial charge in [0.2, 0.25) is 5.91 Å². The third-order valence-corrected chi connectivity index (χ3v) is 6.27. The van der Waals surface area contributed by atoms with Crippen LogP contribution < -0.4 is 10.1 Å². The van der Waals surface area contributed by atoms with E-state index >= 15 is 0 Å². The van der Waals surface area contributed by atoms with E-state index in [-0.39, 0.29) is 11.2 Å². The molecule has 0 aliphatic carbocycles. The molecule has 168 valence electrons. The van der Waals surface area contributed by atoms with E-state index in [1.54, 1.807) is 0 Å². The molecule has 1 unspecified atom stereocenters. The summed E-state index contributed by atoms with van der Waals surface area (Å²) in [4.78, 5) is 12.7. The second-order valence-electron chi connectivity index (χ2n) is 7.78. The Labute approximate surface area is 198 Å². The third-order valence-electron chi connectivity index (χ3n) is 5.13. The minimum Gasteiger partial charge on any atom is -0.489 e. The molecule has 1 N–H and O–H groups in total. The highest BCUT2D eigenvalue weighted by Crippen LogP contribution is 2.27. The van der Waals surface area contributed by atoms with Crippen molar-refractivity contribution in [3.05, 3.63) is 90.0 Å². The summed E-state index contributed by atoms with van der Waals surface area (Å²) in [5.41, 5.74) is 3.99. The quantitative estimate of drug-likeness (QED) is 0.354. The molecule has 0 spiro atoms. The van der Waals surface area contributed by atoms with Gasteiger partial charge in [-0.3, -0.25) is 4.79 Å². The normalized spacial score (nSPS) is 11.7. The summed E-state index contributed by atoms with van der Waals surface area (Å²) < 4.78 is 7.72. The number of ether oxygens (including phenoxy) is 1. The van der Waals surface area contributed by atoms with Crippen molar-refractivity contribution in [1.82, 2.24) is 14.8 Å². The predicted octanol–water partition coefficient (Wildman–Crippen LogP) is 5.49. The second kappa shape index (κ2) is 10.4. The van der Waals surface area contributed by atoms with Crippen LogP contribution in [0, 0.1) is 6.92 Å². The highest BCUT2D eigenvalue weighted by Gasteiger charge is 2.19. The van der Waals surface area contributed by atoms with E-state index in [0.29, 0.717) is 11.8 Å². The molecule has 1 aromatic heterocycles. The van der Waals surface area contributed by atoms with Gasteiger partial charge in [-0.1, -0.05) is 65.9 Å². The molecular formula is C26H26N4O2S. The molecule has 0 bridgehead atoms. The minimum absolute atomic E-state index is 0.0990. The fourth-order valence-corrected chi connectivity index (χ4v) is 4.10. The first-order valence-corrected chi connectivity index (χ1v) is 11.6. The maximum absolute atomic E-state index is 12.7. The lowest BCUT2D eigenvalue weighted by Crippen LogP contribution is -2.22. The molecule has 33 heavy (non-hydrogen) atoms. The lowest BCUT2D eigenvalue weighted by molar-refractivity contribution is -0.115. The van der Waals surface area contributed by atoms with Gasteiger partial charge in [-0.25, -0.2) is 0 Å². The highest BCUT2D eigenvalue weighted by molar-refractivity contribution is 8.00. The number of anilines is 1. The molecule has 0 saturated heterocycles. The van der Waals surface area contributed by atoms with Gasteiger partial charge in [0.15, 0.2) is 11.0 Å². The summed E-state index contributed by atoms with van der Waals surface area (Å²) in [5, 5.41) is 11.9. The van der Waals surface area contributed by atoms with Crippen molar-refractivity contribution in [2.24, 2.45) is 7.05 Å². The number of nitrogens with zero attached hydrogens (tertiary/aromatic N) is 3. The van der Waals surface area contributed by atoms with Crippen molar-refractivity contribution >= 4 is 23.4 Å². The van der Waals surface area contributed by atoms with Crippen molar-refractivity contribution in [2.75, 3.05) is 5.32 Å². The third kappa shape index (κ3) is 5.81. The van der Waals surface area contributed by atoms with Crippen LogP contribution in [0.15, 0.2) is 84.0 Å². The van der Waals surface area contributed by atoms with Gasteiger partial charge in [-0.05, 0) is 49.7 Å². The van der Waals surface area contributed by atoms with E-state index in [4.69, 9.17) is 4.74 Å². The van der Waals surface area contributed by atoms with Gasteiger partial charge in [0.05, 0.1) is 5.25 Å².